The van der Waals surface area contributed by atoms with Gasteiger partial charge in [0.25, 0.3) is 5.78 Å². The number of aliphatic hydroxyl groups excluding tert-OH is 1. The molecule has 9 heteroatoms. The summed E-state index contributed by atoms with van der Waals surface area (Å²) < 4.78 is 10.2. The molecule has 1 aromatic heterocycles. The topological polar surface area (TPSA) is 113 Å². The number of methoxy groups -OCH3 is 1. The van der Waals surface area contributed by atoms with Gasteiger partial charge in [0.15, 0.2) is 5.82 Å². The normalized spacial score (nSPS) is 17.9. The third-order valence-electron chi connectivity index (χ3n) is 4.92. The number of hydrogen-bond donors (Lipinski definition) is 2. The Morgan fingerprint density at radius 3 is 2.58 bits per heavy atom. The lowest BCUT2D eigenvalue weighted by molar-refractivity contribution is -0.132. The van der Waals surface area contributed by atoms with Crippen LogP contribution < -0.4 is 9.64 Å². The molecule has 158 valence electrons. The molecule has 0 spiro atoms. The Morgan fingerprint density at radius 1 is 1.19 bits per heavy atom. The van der Waals surface area contributed by atoms with Crippen molar-refractivity contribution in [3.05, 3.63) is 76.0 Å². The fraction of sp³-hybridized carbons (Fsp3) is 0.136. The van der Waals surface area contributed by atoms with Crippen molar-refractivity contribution in [2.75, 3.05) is 12.0 Å². The second-order valence-corrected chi connectivity index (χ2v) is 7.32. The van der Waals surface area contributed by atoms with Crippen LogP contribution in [-0.2, 0) is 9.59 Å². The summed E-state index contributed by atoms with van der Waals surface area (Å²) in [4.78, 5) is 27.1. The largest absolute Gasteiger partial charge is 0.508 e. The van der Waals surface area contributed by atoms with Gasteiger partial charge in [-0.2, -0.15) is 0 Å². The quantitative estimate of drug-likeness (QED) is 0.358. The second-order valence-electron chi connectivity index (χ2n) is 6.91. The Labute approximate surface area is 181 Å². The predicted octanol–water partition coefficient (Wildman–Crippen LogP) is 3.98. The number of nitrogens with zero attached hydrogens (tertiary/aromatic N) is 2. The van der Waals surface area contributed by atoms with E-state index in [1.54, 1.807) is 19.1 Å². The van der Waals surface area contributed by atoms with Crippen LogP contribution in [0.25, 0.3) is 5.76 Å². The van der Waals surface area contributed by atoms with E-state index in [4.69, 9.17) is 20.9 Å². The predicted molar refractivity (Wildman–Crippen MR) is 112 cm³/mol. The third-order valence-corrected chi connectivity index (χ3v) is 5.21. The lowest BCUT2D eigenvalue weighted by Gasteiger charge is -2.23. The van der Waals surface area contributed by atoms with Crippen LogP contribution in [0.15, 0.2) is 58.6 Å². The monoisotopic (exact) mass is 440 g/mol. The van der Waals surface area contributed by atoms with E-state index in [0.717, 1.165) is 4.90 Å². The molecule has 0 bridgehead atoms. The van der Waals surface area contributed by atoms with Gasteiger partial charge in [0, 0.05) is 11.6 Å². The smallest absolute Gasteiger partial charge is 0.301 e. The van der Waals surface area contributed by atoms with Crippen LogP contribution in [0.3, 0.4) is 0 Å². The van der Waals surface area contributed by atoms with Crippen LogP contribution in [0, 0.1) is 6.92 Å². The molecule has 1 fully saturated rings. The average Bonchev–Trinajstić information content (AvgIpc) is 3.28. The van der Waals surface area contributed by atoms with Gasteiger partial charge in [0.2, 0.25) is 0 Å². The summed E-state index contributed by atoms with van der Waals surface area (Å²) in [6, 6.07) is 11.0. The number of halogens is 1. The van der Waals surface area contributed by atoms with Crippen LogP contribution in [0.4, 0.5) is 5.82 Å². The molecule has 2 aromatic carbocycles. The zero-order chi connectivity index (χ0) is 22.3. The summed E-state index contributed by atoms with van der Waals surface area (Å²) in [7, 11) is 1.45. The maximum atomic E-state index is 13.0. The molecule has 0 radical (unpaired) electrons. The SMILES string of the molecule is COc1ccc(/C(O)=C2\C(=O)C(=O)N(c3cc(C)on3)[C@H]2c2cccc(O)c2)cc1Cl. The van der Waals surface area contributed by atoms with E-state index >= 15 is 0 Å². The second kappa shape index (κ2) is 7.81. The molecule has 3 aromatic rings. The van der Waals surface area contributed by atoms with Gasteiger partial charge in [-0.25, -0.2) is 0 Å². The number of anilines is 1. The maximum Gasteiger partial charge on any atom is 0.301 e. The molecule has 8 nitrogen and oxygen atoms in total. The van der Waals surface area contributed by atoms with Gasteiger partial charge in [0.1, 0.15) is 23.0 Å². The number of benzene rings is 2. The van der Waals surface area contributed by atoms with E-state index in [2.05, 4.69) is 5.16 Å². The highest BCUT2D eigenvalue weighted by Crippen LogP contribution is 2.43. The van der Waals surface area contributed by atoms with Crippen LogP contribution >= 0.6 is 11.6 Å². The molecule has 2 heterocycles. The van der Waals surface area contributed by atoms with Gasteiger partial charge in [-0.1, -0.05) is 28.9 Å². The Bertz CT molecular complexity index is 1230. The number of phenolic OH excluding ortho intramolecular Hbond substituents is 1. The first-order valence-corrected chi connectivity index (χ1v) is 9.56. The molecule has 1 aliphatic rings. The number of aliphatic hydroxyl groups is 1. The number of carbonyl (C=O) groups is 2. The van der Waals surface area contributed by atoms with Gasteiger partial charge >= 0.3 is 5.91 Å². The Kier molecular flexibility index (Phi) is 5.16. The first-order valence-electron chi connectivity index (χ1n) is 9.19. The van der Waals surface area contributed by atoms with Crippen molar-refractivity contribution in [3.63, 3.8) is 0 Å². The van der Waals surface area contributed by atoms with Crippen molar-refractivity contribution in [3.8, 4) is 11.5 Å². The van der Waals surface area contributed by atoms with Gasteiger partial charge < -0.3 is 19.5 Å². The van der Waals surface area contributed by atoms with Crippen LogP contribution in [0.1, 0.15) is 22.9 Å². The standard InChI is InChI=1S/C22H17ClN2O6/c1-11-8-17(24-31-11)25-19(12-4-3-5-14(26)9-12)18(21(28)22(25)29)20(27)13-6-7-16(30-2)15(23)10-13/h3-10,19,26-27H,1-2H3/b20-18+/t19-/m0/s1. The number of aromatic hydroxyl groups is 1. The first kappa shape index (κ1) is 20.5. The van der Waals surface area contributed by atoms with Gasteiger partial charge in [-0.05, 0) is 42.8 Å². The highest BCUT2D eigenvalue weighted by Gasteiger charge is 2.48. The summed E-state index contributed by atoms with van der Waals surface area (Å²) >= 11 is 6.17. The molecule has 0 aliphatic carbocycles. The molecule has 1 amide bonds. The van der Waals surface area contributed by atoms with E-state index in [-0.39, 0.29) is 27.7 Å². The summed E-state index contributed by atoms with van der Waals surface area (Å²) in [5.41, 5.74) is 0.462. The zero-order valence-corrected chi connectivity index (χ0v) is 17.3. The molecule has 1 atom stereocenters. The Balaban J connectivity index is 1.94. The lowest BCUT2D eigenvalue weighted by atomic mass is 9.95. The third kappa shape index (κ3) is 3.51. The number of aromatic nitrogens is 1. The van der Waals surface area contributed by atoms with E-state index in [1.807, 2.05) is 0 Å². The maximum absolute atomic E-state index is 13.0. The van der Waals surface area contributed by atoms with Crippen molar-refractivity contribution < 1.29 is 29.1 Å². The average molecular weight is 441 g/mol. The molecule has 1 aliphatic heterocycles. The number of ether oxygens (including phenoxy) is 1. The van der Waals surface area contributed by atoms with Crippen LogP contribution in [-0.4, -0.2) is 34.2 Å². The number of aryl methyl sites for hydroxylation is 1. The number of hydrogen-bond acceptors (Lipinski definition) is 7. The van der Waals surface area contributed by atoms with Crippen molar-refractivity contribution in [2.24, 2.45) is 0 Å². The number of amides is 1. The number of Topliss-reactive ketones (excluding diaryl/α,β-unsaturated/α-hetero) is 1. The van der Waals surface area contributed by atoms with E-state index in [9.17, 15) is 19.8 Å². The Morgan fingerprint density at radius 2 is 1.97 bits per heavy atom. The fourth-order valence-electron chi connectivity index (χ4n) is 3.52. The number of rotatable bonds is 4. The number of carbonyl (C=O) groups excluding carboxylic acids is 2. The highest BCUT2D eigenvalue weighted by atomic mass is 35.5. The van der Waals surface area contributed by atoms with Gasteiger partial charge in [-0.15, -0.1) is 0 Å². The summed E-state index contributed by atoms with van der Waals surface area (Å²) in [6.45, 7) is 1.65. The van der Waals surface area contributed by atoms with Gasteiger partial charge in [0.05, 0.1) is 23.7 Å². The summed E-state index contributed by atoms with van der Waals surface area (Å²) in [5.74, 6) is -1.33. The van der Waals surface area contributed by atoms with Crippen molar-refractivity contribution in [2.45, 2.75) is 13.0 Å². The van der Waals surface area contributed by atoms with Crippen molar-refractivity contribution in [1.29, 1.82) is 0 Å². The van der Waals surface area contributed by atoms with E-state index in [0.29, 0.717) is 17.1 Å². The number of phenols is 1. The van der Waals surface area contributed by atoms with Gasteiger partial charge in [-0.3, -0.25) is 14.5 Å². The van der Waals surface area contributed by atoms with E-state index in [1.165, 1.54) is 43.5 Å². The van der Waals surface area contributed by atoms with Crippen molar-refractivity contribution >= 4 is 34.9 Å². The minimum absolute atomic E-state index is 0.0630. The molecule has 0 saturated carbocycles. The molecule has 2 N–H and O–H groups in total. The molecular formula is C22H17ClN2O6. The molecular weight excluding hydrogens is 424 g/mol. The fourth-order valence-corrected chi connectivity index (χ4v) is 3.77. The van der Waals surface area contributed by atoms with Crippen molar-refractivity contribution in [1.82, 2.24) is 5.16 Å². The summed E-state index contributed by atoms with van der Waals surface area (Å²) in [6.07, 6.45) is 0. The Hall–Kier alpha value is -3.78. The zero-order valence-electron chi connectivity index (χ0n) is 16.5. The molecule has 1 saturated heterocycles. The van der Waals surface area contributed by atoms with Crippen LogP contribution in [0.2, 0.25) is 5.02 Å². The highest BCUT2D eigenvalue weighted by molar-refractivity contribution is 6.51. The minimum Gasteiger partial charge on any atom is -0.508 e. The lowest BCUT2D eigenvalue weighted by Crippen LogP contribution is -2.29. The molecule has 4 rings (SSSR count). The number of ketones is 1. The molecule has 0 unspecified atom stereocenters. The minimum atomic E-state index is -1.04. The summed E-state index contributed by atoms with van der Waals surface area (Å²) in [5, 5.41) is 25.1. The van der Waals surface area contributed by atoms with Crippen LogP contribution in [0.5, 0.6) is 11.5 Å². The van der Waals surface area contributed by atoms with E-state index < -0.39 is 23.5 Å². The molecule has 31 heavy (non-hydrogen) atoms. The first-order chi connectivity index (χ1) is 14.8.